The Morgan fingerprint density at radius 3 is 2.64 bits per heavy atom. The molecule has 0 bridgehead atoms. The number of rotatable bonds is 4. The Hall–Kier alpha value is -4.05. The number of nitrogens with zero attached hydrogens (tertiary/aromatic N) is 6. The normalized spacial score (nSPS) is 17.8. The van der Waals surface area contributed by atoms with Crippen LogP contribution in [0.5, 0.6) is 0 Å². The highest BCUT2D eigenvalue weighted by Gasteiger charge is 2.42. The summed E-state index contributed by atoms with van der Waals surface area (Å²) in [6, 6.07) is 14.8. The Labute approximate surface area is 191 Å². The molecule has 0 saturated carbocycles. The molecule has 4 aromatic rings. The molecule has 164 valence electrons. The Kier molecular flexibility index (Phi) is 5.14. The van der Waals surface area contributed by atoms with Crippen molar-refractivity contribution in [3.8, 4) is 11.8 Å². The molecule has 1 aliphatic heterocycles. The molecule has 0 spiro atoms. The van der Waals surface area contributed by atoms with Gasteiger partial charge >= 0.3 is 0 Å². The Balaban J connectivity index is 1.45. The van der Waals surface area contributed by atoms with E-state index in [-0.39, 0.29) is 5.82 Å². The summed E-state index contributed by atoms with van der Waals surface area (Å²) in [7, 11) is 0. The summed E-state index contributed by atoms with van der Waals surface area (Å²) in [5.41, 5.74) is 4.05. The lowest BCUT2D eigenvalue weighted by Crippen LogP contribution is -2.34. The summed E-state index contributed by atoms with van der Waals surface area (Å²) >= 11 is 0. The van der Waals surface area contributed by atoms with Crippen LogP contribution in [0.4, 0.5) is 4.39 Å². The van der Waals surface area contributed by atoms with E-state index in [0.29, 0.717) is 24.6 Å². The van der Waals surface area contributed by atoms with Gasteiger partial charge in [-0.1, -0.05) is 24.3 Å². The average molecular weight is 439 g/mol. The molecule has 1 atom stereocenters. The summed E-state index contributed by atoms with van der Waals surface area (Å²) < 4.78 is 17.3. The molecule has 0 N–H and O–H groups in total. The molecule has 5 rings (SSSR count). The SMILES string of the molecule is Cc1cn(-c2ccc(/C=C/c3nc4n(n3)CCC[C@@]4(C#N)c3ccc(F)cc3)cc2C)cn1. The van der Waals surface area contributed by atoms with Crippen LogP contribution >= 0.6 is 0 Å². The Morgan fingerprint density at radius 2 is 1.94 bits per heavy atom. The summed E-state index contributed by atoms with van der Waals surface area (Å²) in [6.45, 7) is 4.75. The van der Waals surface area contributed by atoms with E-state index in [4.69, 9.17) is 4.98 Å². The number of aromatic nitrogens is 5. The van der Waals surface area contributed by atoms with Gasteiger partial charge in [-0.15, -0.1) is 0 Å². The van der Waals surface area contributed by atoms with Gasteiger partial charge in [0.1, 0.15) is 11.2 Å². The van der Waals surface area contributed by atoms with E-state index in [9.17, 15) is 9.65 Å². The van der Waals surface area contributed by atoms with Gasteiger partial charge in [0.25, 0.3) is 0 Å². The van der Waals surface area contributed by atoms with Crippen LogP contribution in [0.3, 0.4) is 0 Å². The maximum absolute atomic E-state index is 13.5. The van der Waals surface area contributed by atoms with Crippen molar-refractivity contribution in [2.75, 3.05) is 0 Å². The molecule has 0 unspecified atom stereocenters. The molecule has 0 saturated heterocycles. The second kappa shape index (κ2) is 8.14. The van der Waals surface area contributed by atoms with Crippen LogP contribution in [0, 0.1) is 31.0 Å². The third-order valence-electron chi connectivity index (χ3n) is 6.15. The highest BCUT2D eigenvalue weighted by molar-refractivity contribution is 5.68. The fourth-order valence-electron chi connectivity index (χ4n) is 4.48. The molecule has 7 heteroatoms. The largest absolute Gasteiger partial charge is 0.306 e. The predicted octanol–water partition coefficient (Wildman–Crippen LogP) is 4.99. The molecule has 0 fully saturated rings. The molecule has 3 heterocycles. The van der Waals surface area contributed by atoms with Crippen molar-refractivity contribution in [2.45, 2.75) is 38.6 Å². The highest BCUT2D eigenvalue weighted by Crippen LogP contribution is 2.38. The minimum Gasteiger partial charge on any atom is -0.306 e. The molecule has 2 aromatic carbocycles. The first-order chi connectivity index (χ1) is 16.0. The molecule has 1 aliphatic rings. The predicted molar refractivity (Wildman–Crippen MR) is 124 cm³/mol. The fraction of sp³-hybridized carbons (Fsp3) is 0.231. The molecule has 2 aromatic heterocycles. The minimum atomic E-state index is -0.924. The molecular formula is C26H23FN6. The highest BCUT2D eigenvalue weighted by atomic mass is 19.1. The lowest BCUT2D eigenvalue weighted by molar-refractivity contribution is 0.392. The van der Waals surface area contributed by atoms with Crippen LogP contribution < -0.4 is 0 Å². The molecule has 6 nitrogen and oxygen atoms in total. The Morgan fingerprint density at radius 1 is 1.12 bits per heavy atom. The lowest BCUT2D eigenvalue weighted by Gasteiger charge is -2.30. The van der Waals surface area contributed by atoms with Gasteiger partial charge in [0, 0.05) is 18.4 Å². The van der Waals surface area contributed by atoms with Crippen LogP contribution in [0.1, 0.15) is 46.9 Å². The van der Waals surface area contributed by atoms with Crippen LogP contribution in [0.25, 0.3) is 17.8 Å². The van der Waals surface area contributed by atoms with E-state index in [2.05, 4.69) is 35.2 Å². The number of hydrogen-bond donors (Lipinski definition) is 0. The Bertz CT molecular complexity index is 1390. The first-order valence-electron chi connectivity index (χ1n) is 10.9. The fourth-order valence-corrected chi connectivity index (χ4v) is 4.48. The number of imidazole rings is 1. The van der Waals surface area contributed by atoms with E-state index in [1.165, 1.54) is 12.1 Å². The quantitative estimate of drug-likeness (QED) is 0.450. The first kappa shape index (κ1) is 20.8. The van der Waals surface area contributed by atoms with E-state index in [1.807, 2.05) is 46.9 Å². The van der Waals surface area contributed by atoms with Crippen molar-refractivity contribution in [3.63, 3.8) is 0 Å². The zero-order valence-corrected chi connectivity index (χ0v) is 18.5. The van der Waals surface area contributed by atoms with Crippen LogP contribution in [0.2, 0.25) is 0 Å². The van der Waals surface area contributed by atoms with Gasteiger partial charge in [-0.05, 0) is 73.7 Å². The minimum absolute atomic E-state index is 0.322. The first-order valence-corrected chi connectivity index (χ1v) is 10.9. The van der Waals surface area contributed by atoms with Crippen LogP contribution in [-0.4, -0.2) is 24.3 Å². The number of fused-ring (bicyclic) bond motifs is 1. The van der Waals surface area contributed by atoms with Gasteiger partial charge in [0.15, 0.2) is 11.6 Å². The van der Waals surface area contributed by atoms with E-state index in [1.54, 1.807) is 12.1 Å². The zero-order valence-electron chi connectivity index (χ0n) is 18.5. The van der Waals surface area contributed by atoms with Gasteiger partial charge in [-0.3, -0.25) is 0 Å². The van der Waals surface area contributed by atoms with E-state index < -0.39 is 5.41 Å². The number of aryl methyl sites for hydroxylation is 3. The van der Waals surface area contributed by atoms with Crippen molar-refractivity contribution in [2.24, 2.45) is 0 Å². The van der Waals surface area contributed by atoms with E-state index in [0.717, 1.165) is 34.5 Å². The molecule has 0 radical (unpaired) electrons. The lowest BCUT2D eigenvalue weighted by atomic mass is 9.75. The van der Waals surface area contributed by atoms with Crippen molar-refractivity contribution in [3.05, 3.63) is 94.8 Å². The maximum Gasteiger partial charge on any atom is 0.174 e. The standard InChI is InChI=1S/C26H23FN6/c1-18-14-20(4-10-23(18)32-15-19(2)29-17-32)5-11-24-30-25-26(16-28,12-3-13-33(25)31-24)21-6-8-22(27)9-7-21/h4-11,14-15,17H,3,12-13H2,1-2H3/b11-5+/t26-/m1/s1. The molecule has 0 amide bonds. The van der Waals surface area contributed by atoms with Gasteiger partial charge < -0.3 is 4.57 Å². The third kappa shape index (κ3) is 3.74. The smallest absolute Gasteiger partial charge is 0.174 e. The van der Waals surface area contributed by atoms with Gasteiger partial charge in [-0.2, -0.15) is 10.4 Å². The van der Waals surface area contributed by atoms with Gasteiger partial charge in [0.05, 0.1) is 18.1 Å². The van der Waals surface area contributed by atoms with Gasteiger partial charge in [0.2, 0.25) is 0 Å². The molecule has 0 aliphatic carbocycles. The van der Waals surface area contributed by atoms with Crippen molar-refractivity contribution in [1.29, 1.82) is 5.26 Å². The van der Waals surface area contributed by atoms with Crippen molar-refractivity contribution >= 4 is 12.2 Å². The summed E-state index contributed by atoms with van der Waals surface area (Å²) in [6.07, 6.45) is 9.09. The van der Waals surface area contributed by atoms with Gasteiger partial charge in [-0.25, -0.2) is 19.0 Å². The second-order valence-electron chi connectivity index (χ2n) is 8.45. The van der Waals surface area contributed by atoms with Crippen molar-refractivity contribution in [1.82, 2.24) is 24.3 Å². The number of nitriles is 1. The number of halogens is 1. The van der Waals surface area contributed by atoms with Crippen LogP contribution in [0.15, 0.2) is 55.0 Å². The monoisotopic (exact) mass is 438 g/mol. The summed E-state index contributed by atoms with van der Waals surface area (Å²) in [5, 5.41) is 14.8. The summed E-state index contributed by atoms with van der Waals surface area (Å²) in [5.74, 6) is 0.849. The topological polar surface area (TPSA) is 72.3 Å². The number of benzene rings is 2. The zero-order chi connectivity index (χ0) is 23.0. The molecular weight excluding hydrogens is 415 g/mol. The van der Waals surface area contributed by atoms with Crippen molar-refractivity contribution < 1.29 is 4.39 Å². The van der Waals surface area contributed by atoms with E-state index >= 15 is 0 Å². The number of hydrogen-bond acceptors (Lipinski definition) is 4. The second-order valence-corrected chi connectivity index (χ2v) is 8.45. The maximum atomic E-state index is 13.5. The average Bonchev–Trinajstić information content (AvgIpc) is 3.44. The van der Waals surface area contributed by atoms with Crippen LogP contribution in [-0.2, 0) is 12.0 Å². The third-order valence-corrected chi connectivity index (χ3v) is 6.15. The summed E-state index contributed by atoms with van der Waals surface area (Å²) in [4.78, 5) is 9.01. The molecule has 33 heavy (non-hydrogen) atoms.